The molecule has 1 heterocycles. The van der Waals surface area contributed by atoms with Gasteiger partial charge < -0.3 is 15.7 Å². The molecular weight excluding hydrogens is 378 g/mol. The van der Waals surface area contributed by atoms with Crippen LogP contribution in [0.15, 0.2) is 48.6 Å². The maximum Gasteiger partial charge on any atom is 0.305 e. The van der Waals surface area contributed by atoms with E-state index in [0.717, 1.165) is 23.7 Å². The summed E-state index contributed by atoms with van der Waals surface area (Å²) in [5.74, 6) is -2.44. The Labute approximate surface area is 166 Å². The van der Waals surface area contributed by atoms with Gasteiger partial charge in [-0.1, -0.05) is 18.2 Å². The number of hydrogen-bond donors (Lipinski definition) is 3. The van der Waals surface area contributed by atoms with E-state index in [0.29, 0.717) is 11.1 Å². The molecule has 2 aliphatic rings. The number of fused-ring (bicyclic) bond motifs is 3. The summed E-state index contributed by atoms with van der Waals surface area (Å²) in [5, 5.41) is 14.7. The quantitative estimate of drug-likeness (QED) is 0.666. The van der Waals surface area contributed by atoms with Crippen LogP contribution < -0.4 is 10.6 Å². The van der Waals surface area contributed by atoms with Crippen LogP contribution in [-0.2, 0) is 4.79 Å². The first-order valence-electron chi connectivity index (χ1n) is 9.46. The standard InChI is InChI=1S/C22H20F2N2O3/c23-13-5-6-16(18(24)11-13)21-15-3-1-2-14(15)17-10-12(4-7-19(17)26-21)22(29)25-9-8-20(27)28/h1-2,4-7,10-11,14-15,21,26H,3,8-9H2,(H,25,29)(H,27,28)/t14-,15+,21+/m1/s1. The highest BCUT2D eigenvalue weighted by Gasteiger charge is 2.39. The zero-order valence-electron chi connectivity index (χ0n) is 15.5. The molecule has 0 aromatic heterocycles. The molecule has 4 rings (SSSR count). The van der Waals surface area contributed by atoms with Gasteiger partial charge in [-0.05, 0) is 42.2 Å². The number of benzene rings is 2. The Morgan fingerprint density at radius 2 is 1.97 bits per heavy atom. The lowest BCUT2D eigenvalue weighted by Gasteiger charge is -2.37. The summed E-state index contributed by atoms with van der Waals surface area (Å²) in [6.45, 7) is 0.0569. The third-order valence-corrected chi connectivity index (χ3v) is 5.55. The fraction of sp³-hybridized carbons (Fsp3) is 0.273. The van der Waals surface area contributed by atoms with E-state index in [-0.39, 0.29) is 36.8 Å². The third-order valence-electron chi connectivity index (χ3n) is 5.55. The predicted molar refractivity (Wildman–Crippen MR) is 104 cm³/mol. The molecule has 1 aliphatic heterocycles. The maximum atomic E-state index is 14.4. The molecule has 3 atom stereocenters. The molecule has 1 amide bonds. The first-order chi connectivity index (χ1) is 13.9. The highest BCUT2D eigenvalue weighted by atomic mass is 19.1. The summed E-state index contributed by atoms with van der Waals surface area (Å²) >= 11 is 0. The second kappa shape index (κ2) is 7.66. The van der Waals surface area contributed by atoms with Crippen molar-refractivity contribution in [1.82, 2.24) is 5.32 Å². The SMILES string of the molecule is O=C(O)CCNC(=O)c1ccc2c(c1)[C@@H]1C=CC[C@@H]1[C@@H](c1ccc(F)cc1F)N2. The molecule has 0 fully saturated rings. The number of halogens is 2. The first-order valence-corrected chi connectivity index (χ1v) is 9.46. The highest BCUT2D eigenvalue weighted by molar-refractivity contribution is 5.95. The molecule has 3 N–H and O–H groups in total. The van der Waals surface area contributed by atoms with Crippen molar-refractivity contribution in [2.75, 3.05) is 11.9 Å². The van der Waals surface area contributed by atoms with Crippen molar-refractivity contribution in [3.63, 3.8) is 0 Å². The number of nitrogens with one attached hydrogen (secondary N) is 2. The molecule has 2 aromatic carbocycles. The molecule has 0 bridgehead atoms. The second-order valence-electron chi connectivity index (χ2n) is 7.34. The van der Waals surface area contributed by atoms with E-state index in [9.17, 15) is 18.4 Å². The number of amides is 1. The lowest BCUT2D eigenvalue weighted by atomic mass is 9.76. The molecule has 1 aliphatic carbocycles. The Balaban J connectivity index is 1.61. The van der Waals surface area contributed by atoms with E-state index in [2.05, 4.69) is 16.7 Å². The van der Waals surface area contributed by atoms with Crippen LogP contribution in [0, 0.1) is 17.6 Å². The molecule has 150 valence electrons. The van der Waals surface area contributed by atoms with Crippen molar-refractivity contribution in [2.45, 2.75) is 24.8 Å². The largest absolute Gasteiger partial charge is 0.481 e. The molecule has 0 unspecified atom stereocenters. The normalized spacial score (nSPS) is 21.8. The maximum absolute atomic E-state index is 14.4. The van der Waals surface area contributed by atoms with Crippen LogP contribution in [0.3, 0.4) is 0 Å². The minimum Gasteiger partial charge on any atom is -0.481 e. The van der Waals surface area contributed by atoms with Gasteiger partial charge in [0.1, 0.15) is 11.6 Å². The average molecular weight is 398 g/mol. The molecular formula is C22H20F2N2O3. The van der Waals surface area contributed by atoms with E-state index in [1.54, 1.807) is 18.2 Å². The van der Waals surface area contributed by atoms with Crippen molar-refractivity contribution in [2.24, 2.45) is 5.92 Å². The average Bonchev–Trinajstić information content (AvgIpc) is 3.17. The minimum atomic E-state index is -0.974. The summed E-state index contributed by atoms with van der Waals surface area (Å²) < 4.78 is 27.7. The molecule has 2 aromatic rings. The Morgan fingerprint density at radius 1 is 1.14 bits per heavy atom. The molecule has 0 spiro atoms. The summed E-state index contributed by atoms with van der Waals surface area (Å²) in [4.78, 5) is 22.9. The van der Waals surface area contributed by atoms with Gasteiger partial charge in [0.05, 0.1) is 12.5 Å². The van der Waals surface area contributed by atoms with Gasteiger partial charge in [0, 0.05) is 35.3 Å². The smallest absolute Gasteiger partial charge is 0.305 e. The monoisotopic (exact) mass is 398 g/mol. The molecule has 7 heteroatoms. The van der Waals surface area contributed by atoms with Crippen molar-refractivity contribution < 1.29 is 23.5 Å². The number of hydrogen-bond acceptors (Lipinski definition) is 3. The summed E-state index contributed by atoms with van der Waals surface area (Å²) in [5.41, 5.74) is 2.61. The van der Waals surface area contributed by atoms with Gasteiger partial charge in [-0.25, -0.2) is 8.78 Å². The van der Waals surface area contributed by atoms with E-state index >= 15 is 0 Å². The summed E-state index contributed by atoms with van der Waals surface area (Å²) in [6.07, 6.45) is 4.70. The fourth-order valence-electron chi connectivity index (χ4n) is 4.18. The number of carbonyl (C=O) groups excluding carboxylic acids is 1. The van der Waals surface area contributed by atoms with Gasteiger partial charge in [-0.15, -0.1) is 0 Å². The van der Waals surface area contributed by atoms with Crippen molar-refractivity contribution in [3.05, 3.63) is 76.9 Å². The first kappa shape index (κ1) is 19.1. The molecule has 0 saturated heterocycles. The third kappa shape index (κ3) is 3.72. The number of carboxylic acids is 1. The van der Waals surface area contributed by atoms with Crippen LogP contribution in [0.4, 0.5) is 14.5 Å². The molecule has 0 saturated carbocycles. The van der Waals surface area contributed by atoms with Crippen LogP contribution in [0.1, 0.15) is 46.3 Å². The summed E-state index contributed by atoms with van der Waals surface area (Å²) in [7, 11) is 0. The zero-order valence-corrected chi connectivity index (χ0v) is 15.5. The van der Waals surface area contributed by atoms with Crippen molar-refractivity contribution in [1.29, 1.82) is 0 Å². The Morgan fingerprint density at radius 3 is 2.72 bits per heavy atom. The van der Waals surface area contributed by atoms with Gasteiger partial charge >= 0.3 is 5.97 Å². The van der Waals surface area contributed by atoms with E-state index in [1.807, 2.05) is 6.08 Å². The van der Waals surface area contributed by atoms with Crippen LogP contribution in [-0.4, -0.2) is 23.5 Å². The number of carboxylic acid groups (broad SMARTS) is 1. The number of anilines is 1. The van der Waals surface area contributed by atoms with Gasteiger partial charge in [0.2, 0.25) is 0 Å². The molecule has 5 nitrogen and oxygen atoms in total. The second-order valence-corrected chi connectivity index (χ2v) is 7.34. The summed E-state index contributed by atoms with van der Waals surface area (Å²) in [6, 6.07) is 8.55. The van der Waals surface area contributed by atoms with Crippen LogP contribution >= 0.6 is 0 Å². The van der Waals surface area contributed by atoms with Gasteiger partial charge in [0.25, 0.3) is 5.91 Å². The van der Waals surface area contributed by atoms with Crippen molar-refractivity contribution in [3.8, 4) is 0 Å². The van der Waals surface area contributed by atoms with E-state index in [4.69, 9.17) is 5.11 Å². The van der Waals surface area contributed by atoms with Gasteiger partial charge in [-0.2, -0.15) is 0 Å². The number of aliphatic carboxylic acids is 1. The molecule has 0 radical (unpaired) electrons. The minimum absolute atomic E-state index is 0.00692. The van der Waals surface area contributed by atoms with Gasteiger partial charge in [-0.3, -0.25) is 9.59 Å². The topological polar surface area (TPSA) is 78.4 Å². The van der Waals surface area contributed by atoms with E-state index in [1.165, 1.54) is 12.1 Å². The number of rotatable bonds is 5. The number of allylic oxidation sites excluding steroid dienone is 2. The number of carbonyl (C=O) groups is 2. The Kier molecular flexibility index (Phi) is 5.05. The highest BCUT2D eigenvalue weighted by Crippen LogP contribution is 2.50. The zero-order chi connectivity index (χ0) is 20.5. The van der Waals surface area contributed by atoms with Crippen molar-refractivity contribution >= 4 is 17.6 Å². The van der Waals surface area contributed by atoms with E-state index < -0.39 is 17.6 Å². The van der Waals surface area contributed by atoms with Crippen LogP contribution in [0.25, 0.3) is 0 Å². The molecule has 29 heavy (non-hydrogen) atoms. The Hall–Kier alpha value is -3.22. The lowest BCUT2D eigenvalue weighted by molar-refractivity contribution is -0.136. The lowest BCUT2D eigenvalue weighted by Crippen LogP contribution is -2.31. The fourth-order valence-corrected chi connectivity index (χ4v) is 4.18. The van der Waals surface area contributed by atoms with Crippen LogP contribution in [0.5, 0.6) is 0 Å². The van der Waals surface area contributed by atoms with Gasteiger partial charge in [0.15, 0.2) is 0 Å². The van der Waals surface area contributed by atoms with Crippen LogP contribution in [0.2, 0.25) is 0 Å². The predicted octanol–water partition coefficient (Wildman–Crippen LogP) is 4.00. The Bertz CT molecular complexity index is 1010.